The Hall–Kier alpha value is -1.74. The molecule has 0 aliphatic carbocycles. The normalized spacial score (nSPS) is 14.2. The van der Waals surface area contributed by atoms with Gasteiger partial charge in [-0.1, -0.05) is 44.9 Å². The SMILES string of the molecule is C#C/C=C\c1cc(=C/C(C)(C)C)/c(=C\C)cc1C. The summed E-state index contributed by atoms with van der Waals surface area (Å²) in [6.07, 6.45) is 13.5. The Morgan fingerprint density at radius 2 is 1.83 bits per heavy atom. The molecule has 0 saturated carbocycles. The lowest BCUT2D eigenvalue weighted by molar-refractivity contribution is 0.584. The minimum Gasteiger partial charge on any atom is -0.115 e. The van der Waals surface area contributed by atoms with Gasteiger partial charge in [-0.3, -0.25) is 0 Å². The maximum absolute atomic E-state index is 5.27. The van der Waals surface area contributed by atoms with E-state index in [1.54, 1.807) is 6.08 Å². The molecule has 0 aliphatic rings. The third kappa shape index (κ3) is 3.93. The molecule has 0 atom stereocenters. The molecule has 0 nitrogen and oxygen atoms in total. The summed E-state index contributed by atoms with van der Waals surface area (Å²) < 4.78 is 0. The molecule has 0 bridgehead atoms. The summed E-state index contributed by atoms with van der Waals surface area (Å²) in [5.74, 6) is 2.54. The molecule has 0 unspecified atom stereocenters. The molecule has 0 fully saturated rings. The van der Waals surface area contributed by atoms with E-state index in [0.717, 1.165) is 0 Å². The largest absolute Gasteiger partial charge is 0.115 e. The molecular weight excluding hydrogens is 216 g/mol. The maximum Gasteiger partial charge on any atom is -0.0116 e. The van der Waals surface area contributed by atoms with E-state index in [1.165, 1.54) is 21.6 Å². The van der Waals surface area contributed by atoms with Crippen LogP contribution in [0.5, 0.6) is 0 Å². The van der Waals surface area contributed by atoms with Crippen LogP contribution in [0.4, 0.5) is 0 Å². The van der Waals surface area contributed by atoms with Crippen LogP contribution in [0.25, 0.3) is 18.2 Å². The van der Waals surface area contributed by atoms with Gasteiger partial charge in [0.25, 0.3) is 0 Å². The second-order valence-corrected chi connectivity index (χ2v) is 5.64. The number of rotatable bonds is 1. The van der Waals surface area contributed by atoms with Crippen LogP contribution in [0.3, 0.4) is 0 Å². The highest BCUT2D eigenvalue weighted by Crippen LogP contribution is 2.14. The zero-order valence-corrected chi connectivity index (χ0v) is 12.0. The Labute approximate surface area is 111 Å². The van der Waals surface area contributed by atoms with Crippen molar-refractivity contribution in [2.24, 2.45) is 5.41 Å². The van der Waals surface area contributed by atoms with E-state index in [0.29, 0.717) is 0 Å². The fourth-order valence-corrected chi connectivity index (χ4v) is 1.92. The summed E-state index contributed by atoms with van der Waals surface area (Å²) in [6.45, 7) is 10.8. The number of benzene rings is 1. The summed E-state index contributed by atoms with van der Waals surface area (Å²) in [4.78, 5) is 0. The third-order valence-electron chi connectivity index (χ3n) is 2.73. The van der Waals surface area contributed by atoms with Crippen LogP contribution < -0.4 is 10.4 Å². The number of hydrogen-bond acceptors (Lipinski definition) is 0. The van der Waals surface area contributed by atoms with Crippen molar-refractivity contribution in [3.05, 3.63) is 39.8 Å². The van der Waals surface area contributed by atoms with Crippen LogP contribution in [0.15, 0.2) is 18.2 Å². The molecule has 1 aromatic carbocycles. The highest BCUT2D eigenvalue weighted by atomic mass is 14.1. The molecule has 94 valence electrons. The Morgan fingerprint density at radius 3 is 2.33 bits per heavy atom. The van der Waals surface area contributed by atoms with E-state index in [9.17, 15) is 0 Å². The van der Waals surface area contributed by atoms with Gasteiger partial charge in [0, 0.05) is 0 Å². The van der Waals surface area contributed by atoms with E-state index >= 15 is 0 Å². The zero-order valence-electron chi connectivity index (χ0n) is 12.0. The lowest BCUT2D eigenvalue weighted by Crippen LogP contribution is -2.27. The fraction of sp³-hybridized carbons (Fsp3) is 0.333. The maximum atomic E-state index is 5.27. The van der Waals surface area contributed by atoms with E-state index in [-0.39, 0.29) is 5.41 Å². The summed E-state index contributed by atoms with van der Waals surface area (Å²) in [7, 11) is 0. The topological polar surface area (TPSA) is 0 Å². The van der Waals surface area contributed by atoms with Gasteiger partial charge in [0.05, 0.1) is 0 Å². The second kappa shape index (κ2) is 5.74. The van der Waals surface area contributed by atoms with Crippen LogP contribution in [0.1, 0.15) is 38.8 Å². The molecule has 0 N–H and O–H groups in total. The van der Waals surface area contributed by atoms with E-state index in [1.807, 2.05) is 6.08 Å². The predicted octanol–water partition coefficient (Wildman–Crippen LogP) is 3.27. The van der Waals surface area contributed by atoms with Crippen LogP contribution in [0.2, 0.25) is 0 Å². The summed E-state index contributed by atoms with van der Waals surface area (Å²) in [6, 6.07) is 4.43. The zero-order chi connectivity index (χ0) is 13.8. The number of hydrogen-bond donors (Lipinski definition) is 0. The van der Waals surface area contributed by atoms with Gasteiger partial charge >= 0.3 is 0 Å². The first-order valence-electron chi connectivity index (χ1n) is 6.30. The summed E-state index contributed by atoms with van der Waals surface area (Å²) in [5.41, 5.74) is 2.61. The van der Waals surface area contributed by atoms with Gasteiger partial charge in [-0.15, -0.1) is 6.42 Å². The van der Waals surface area contributed by atoms with Crippen molar-refractivity contribution >= 4 is 18.2 Å². The number of allylic oxidation sites excluding steroid dienone is 1. The van der Waals surface area contributed by atoms with Gasteiger partial charge in [-0.2, -0.15) is 0 Å². The Bertz CT molecular complexity index is 599. The lowest BCUT2D eigenvalue weighted by Gasteiger charge is -2.12. The second-order valence-electron chi connectivity index (χ2n) is 5.64. The minimum atomic E-state index is 0.167. The Balaban J connectivity index is 3.57. The van der Waals surface area contributed by atoms with E-state index in [2.05, 4.69) is 64.8 Å². The molecule has 0 heteroatoms. The highest BCUT2D eigenvalue weighted by Gasteiger charge is 2.05. The first-order valence-corrected chi connectivity index (χ1v) is 6.30. The molecular formula is C18H22. The molecule has 0 aromatic heterocycles. The van der Waals surface area contributed by atoms with Crippen molar-refractivity contribution in [1.29, 1.82) is 0 Å². The number of terminal acetylenes is 1. The average Bonchev–Trinajstić information content (AvgIpc) is 2.27. The molecule has 0 heterocycles. The lowest BCUT2D eigenvalue weighted by atomic mass is 9.93. The predicted molar refractivity (Wildman–Crippen MR) is 82.4 cm³/mol. The van der Waals surface area contributed by atoms with Crippen molar-refractivity contribution in [3.63, 3.8) is 0 Å². The standard InChI is InChI=1S/C18H22/c1-7-9-10-16-12-17(13-18(4,5)6)15(8-2)11-14(16)3/h1,8-13H,2-6H3/b10-9-,15-8-,17-13-. The smallest absolute Gasteiger partial charge is 0.0116 e. The monoisotopic (exact) mass is 238 g/mol. The summed E-state index contributed by atoms with van der Waals surface area (Å²) >= 11 is 0. The van der Waals surface area contributed by atoms with E-state index in [4.69, 9.17) is 6.42 Å². The van der Waals surface area contributed by atoms with Crippen molar-refractivity contribution in [3.8, 4) is 12.3 Å². The highest BCUT2D eigenvalue weighted by molar-refractivity contribution is 5.57. The molecule has 0 saturated heterocycles. The fourth-order valence-electron chi connectivity index (χ4n) is 1.92. The quantitative estimate of drug-likeness (QED) is 0.659. The van der Waals surface area contributed by atoms with Gasteiger partial charge in [0.15, 0.2) is 0 Å². The van der Waals surface area contributed by atoms with Gasteiger partial charge in [0.2, 0.25) is 0 Å². The van der Waals surface area contributed by atoms with Crippen molar-refractivity contribution in [2.45, 2.75) is 34.6 Å². The first kappa shape index (κ1) is 14.3. The van der Waals surface area contributed by atoms with Crippen molar-refractivity contribution in [1.82, 2.24) is 0 Å². The van der Waals surface area contributed by atoms with E-state index < -0.39 is 0 Å². The molecule has 0 spiro atoms. The molecule has 1 rings (SSSR count). The molecule has 1 aromatic rings. The average molecular weight is 238 g/mol. The van der Waals surface area contributed by atoms with Crippen molar-refractivity contribution < 1.29 is 0 Å². The molecule has 0 amide bonds. The Kier molecular flexibility index (Phi) is 4.56. The molecule has 18 heavy (non-hydrogen) atoms. The van der Waals surface area contributed by atoms with Gasteiger partial charge in [-0.25, -0.2) is 0 Å². The van der Waals surface area contributed by atoms with Crippen LogP contribution in [-0.2, 0) is 0 Å². The van der Waals surface area contributed by atoms with Gasteiger partial charge in [0.1, 0.15) is 0 Å². The van der Waals surface area contributed by atoms with Gasteiger partial charge in [-0.05, 0) is 59.0 Å². The van der Waals surface area contributed by atoms with Crippen LogP contribution in [0, 0.1) is 24.7 Å². The minimum absolute atomic E-state index is 0.167. The number of aryl methyl sites for hydroxylation is 1. The first-order chi connectivity index (χ1) is 8.37. The Morgan fingerprint density at radius 1 is 1.17 bits per heavy atom. The third-order valence-corrected chi connectivity index (χ3v) is 2.73. The van der Waals surface area contributed by atoms with Gasteiger partial charge < -0.3 is 0 Å². The molecule has 0 radical (unpaired) electrons. The molecule has 0 aliphatic heterocycles. The van der Waals surface area contributed by atoms with Crippen LogP contribution >= 0.6 is 0 Å². The summed E-state index contributed by atoms with van der Waals surface area (Å²) in [5, 5.41) is 2.55. The van der Waals surface area contributed by atoms with Crippen molar-refractivity contribution in [2.75, 3.05) is 0 Å². The van der Waals surface area contributed by atoms with Crippen LogP contribution in [-0.4, -0.2) is 0 Å².